The molecule has 0 bridgehead atoms. The number of carbonyl (C=O) groups is 6. The van der Waals surface area contributed by atoms with Crippen LogP contribution < -0.4 is 21.3 Å². The van der Waals surface area contributed by atoms with Crippen molar-refractivity contribution in [1.29, 1.82) is 0 Å². The van der Waals surface area contributed by atoms with E-state index in [9.17, 15) is 28.8 Å². The molecule has 1 aromatic heterocycles. The van der Waals surface area contributed by atoms with E-state index in [4.69, 9.17) is 0 Å². The Morgan fingerprint density at radius 3 is 2.10 bits per heavy atom. The molecule has 13 heteroatoms. The molecule has 3 rings (SSSR count). The van der Waals surface area contributed by atoms with Gasteiger partial charge in [0, 0.05) is 25.0 Å². The molecule has 51 heavy (non-hydrogen) atoms. The molecule has 5 amide bonds. The predicted octanol–water partition coefficient (Wildman–Crippen LogP) is 3.72. The average molecular weight is 712 g/mol. The van der Waals surface area contributed by atoms with Gasteiger partial charge in [-0.1, -0.05) is 87.0 Å². The van der Waals surface area contributed by atoms with Gasteiger partial charge in [-0.05, 0) is 55.3 Å². The van der Waals surface area contributed by atoms with Gasteiger partial charge < -0.3 is 26.2 Å². The number of amides is 5. The molecule has 0 spiro atoms. The molecule has 1 aromatic rings. The number of hydrogen-bond donors (Lipinski definition) is 4. The minimum absolute atomic E-state index is 0.00160. The number of hydrogen-bond acceptors (Lipinski definition) is 8. The van der Waals surface area contributed by atoms with E-state index in [1.165, 1.54) is 23.5 Å². The quantitative estimate of drug-likeness (QED) is 0.157. The van der Waals surface area contributed by atoms with Crippen molar-refractivity contribution in [3.8, 4) is 0 Å². The van der Waals surface area contributed by atoms with Crippen molar-refractivity contribution in [2.24, 2.45) is 23.2 Å². The van der Waals surface area contributed by atoms with E-state index in [0.717, 1.165) is 57.8 Å². The summed E-state index contributed by atoms with van der Waals surface area (Å²) in [6.07, 6.45) is 13.0. The fraction of sp³-hybridized carbons (Fsp3) is 0.737. The number of aromatic nitrogens is 2. The molecular formula is C38H61N7O6. The molecule has 2 saturated carbocycles. The highest BCUT2D eigenvalue weighted by Gasteiger charge is 2.41. The third kappa shape index (κ3) is 13.0. The highest BCUT2D eigenvalue weighted by molar-refractivity contribution is 6.38. The molecule has 0 saturated heterocycles. The summed E-state index contributed by atoms with van der Waals surface area (Å²) >= 11 is 0. The summed E-state index contributed by atoms with van der Waals surface area (Å²) < 4.78 is 0. The van der Waals surface area contributed by atoms with Gasteiger partial charge in [-0.3, -0.25) is 33.8 Å². The number of rotatable bonds is 19. The SMILES string of the molecule is CCCC(C)C(C)CN(CC(=O)N[C@@H](CCC)C(=O)C(=O)NC1CC1)C(=O)C(NC(=O)[C@@H](NC(=O)c1cnccn1)C1CCCCC1)C(C)(C)C. The molecule has 2 aliphatic rings. The minimum atomic E-state index is -1.04. The average Bonchev–Trinajstić information content (AvgIpc) is 3.92. The van der Waals surface area contributed by atoms with Gasteiger partial charge in [0.25, 0.3) is 11.8 Å². The van der Waals surface area contributed by atoms with Crippen molar-refractivity contribution in [3.63, 3.8) is 0 Å². The molecule has 0 aromatic carbocycles. The zero-order chi connectivity index (χ0) is 37.7. The van der Waals surface area contributed by atoms with Crippen molar-refractivity contribution in [1.82, 2.24) is 36.1 Å². The van der Waals surface area contributed by atoms with E-state index in [-0.39, 0.29) is 49.0 Å². The lowest BCUT2D eigenvalue weighted by atomic mass is 9.82. The Morgan fingerprint density at radius 1 is 0.863 bits per heavy atom. The van der Waals surface area contributed by atoms with Crippen LogP contribution in [-0.2, 0) is 24.0 Å². The van der Waals surface area contributed by atoms with Crippen molar-refractivity contribution in [2.45, 2.75) is 143 Å². The summed E-state index contributed by atoms with van der Waals surface area (Å²) in [5.74, 6) is -3.24. The topological polar surface area (TPSA) is 180 Å². The van der Waals surface area contributed by atoms with Gasteiger partial charge in [-0.15, -0.1) is 0 Å². The van der Waals surface area contributed by atoms with Gasteiger partial charge >= 0.3 is 0 Å². The Labute approximate surface area is 303 Å². The number of Topliss-reactive ketones (excluding diaryl/α,β-unsaturated/α-hetero) is 1. The number of nitrogens with one attached hydrogen (secondary N) is 4. The van der Waals surface area contributed by atoms with Gasteiger partial charge in [-0.2, -0.15) is 0 Å². The number of ketones is 1. The molecule has 1 heterocycles. The Kier molecular flexibility index (Phi) is 16.0. The van der Waals surface area contributed by atoms with Crippen molar-refractivity contribution < 1.29 is 28.8 Å². The third-order valence-electron chi connectivity index (χ3n) is 10.1. The molecule has 2 aliphatic carbocycles. The molecule has 2 fully saturated rings. The molecule has 3 unspecified atom stereocenters. The molecule has 4 N–H and O–H groups in total. The van der Waals surface area contributed by atoms with Crippen LogP contribution in [0.1, 0.15) is 130 Å². The predicted molar refractivity (Wildman–Crippen MR) is 194 cm³/mol. The van der Waals surface area contributed by atoms with Gasteiger partial charge in [0.1, 0.15) is 17.8 Å². The van der Waals surface area contributed by atoms with Gasteiger partial charge in [0.05, 0.1) is 18.8 Å². The van der Waals surface area contributed by atoms with Gasteiger partial charge in [0.2, 0.25) is 23.5 Å². The lowest BCUT2D eigenvalue weighted by molar-refractivity contribution is -0.144. The van der Waals surface area contributed by atoms with E-state index >= 15 is 0 Å². The summed E-state index contributed by atoms with van der Waals surface area (Å²) in [6.45, 7) is 13.6. The van der Waals surface area contributed by atoms with E-state index in [2.05, 4.69) is 45.1 Å². The normalized spacial score (nSPS) is 17.9. The Bertz CT molecular complexity index is 1340. The second kappa shape index (κ2) is 19.6. The molecule has 5 atom stereocenters. The first-order valence-corrected chi connectivity index (χ1v) is 19.0. The van der Waals surface area contributed by atoms with Crippen LogP contribution in [0.5, 0.6) is 0 Å². The molecule has 0 aliphatic heterocycles. The van der Waals surface area contributed by atoms with Crippen LogP contribution in [-0.4, -0.2) is 87.4 Å². The first-order valence-electron chi connectivity index (χ1n) is 19.0. The zero-order valence-electron chi connectivity index (χ0n) is 31.8. The van der Waals surface area contributed by atoms with Gasteiger partial charge in [0.15, 0.2) is 0 Å². The Balaban J connectivity index is 1.87. The van der Waals surface area contributed by atoms with E-state index in [1.807, 2.05) is 34.6 Å². The number of nitrogens with zero attached hydrogens (tertiary/aromatic N) is 3. The zero-order valence-corrected chi connectivity index (χ0v) is 31.8. The van der Waals surface area contributed by atoms with Crippen LogP contribution in [0.2, 0.25) is 0 Å². The van der Waals surface area contributed by atoms with E-state index in [0.29, 0.717) is 6.42 Å². The minimum Gasteiger partial charge on any atom is -0.347 e. The number of carbonyl (C=O) groups excluding carboxylic acids is 6. The maximum atomic E-state index is 14.6. The molecule has 0 radical (unpaired) electrons. The van der Waals surface area contributed by atoms with Crippen LogP contribution in [0.3, 0.4) is 0 Å². The summed E-state index contributed by atoms with van der Waals surface area (Å²) in [5.41, 5.74) is -0.681. The molecule has 284 valence electrons. The van der Waals surface area contributed by atoms with Crippen LogP contribution in [0, 0.1) is 23.2 Å². The maximum absolute atomic E-state index is 14.6. The summed E-state index contributed by atoms with van der Waals surface area (Å²) in [5, 5.41) is 11.3. The van der Waals surface area contributed by atoms with Crippen LogP contribution in [0.25, 0.3) is 0 Å². The van der Waals surface area contributed by atoms with Crippen molar-refractivity contribution in [3.05, 3.63) is 24.3 Å². The molecule has 13 nitrogen and oxygen atoms in total. The monoisotopic (exact) mass is 711 g/mol. The van der Waals surface area contributed by atoms with Crippen molar-refractivity contribution in [2.75, 3.05) is 13.1 Å². The highest BCUT2D eigenvalue weighted by Crippen LogP contribution is 2.29. The maximum Gasteiger partial charge on any atom is 0.289 e. The summed E-state index contributed by atoms with van der Waals surface area (Å²) in [4.78, 5) is 90.7. The highest BCUT2D eigenvalue weighted by atomic mass is 16.2. The second-order valence-corrected chi connectivity index (χ2v) is 15.7. The second-order valence-electron chi connectivity index (χ2n) is 15.7. The van der Waals surface area contributed by atoms with E-state index in [1.54, 1.807) is 0 Å². The van der Waals surface area contributed by atoms with Gasteiger partial charge in [-0.25, -0.2) is 4.98 Å². The summed E-state index contributed by atoms with van der Waals surface area (Å²) in [7, 11) is 0. The fourth-order valence-corrected chi connectivity index (χ4v) is 6.67. The largest absolute Gasteiger partial charge is 0.347 e. The van der Waals surface area contributed by atoms with Crippen molar-refractivity contribution >= 4 is 35.3 Å². The smallest absolute Gasteiger partial charge is 0.289 e. The third-order valence-corrected chi connectivity index (χ3v) is 10.1. The Hall–Kier alpha value is -3.90. The van der Waals surface area contributed by atoms with Crippen LogP contribution in [0.4, 0.5) is 0 Å². The van der Waals surface area contributed by atoms with Crippen LogP contribution >= 0.6 is 0 Å². The standard InChI is InChI=1S/C38H61N7O6/c1-8-13-24(3)25(4)22-45(23-30(46)42-28(14-9-2)32(47)36(50)41-27-17-18-27)37(51)33(38(5,6)7)44-35(49)31(26-15-11-10-12-16-26)43-34(48)29-21-39-19-20-40-29/h19-21,24-28,31,33H,8-18,22-23H2,1-7H3,(H,41,50)(H,42,46)(H,43,48)(H,44,49)/t24?,25?,28-,31-,33?/m0/s1. The Morgan fingerprint density at radius 2 is 1.53 bits per heavy atom. The van der Waals surface area contributed by atoms with E-state index < -0.39 is 58.9 Å². The first kappa shape index (κ1) is 41.5. The molecular weight excluding hydrogens is 650 g/mol. The fourth-order valence-electron chi connectivity index (χ4n) is 6.67. The summed E-state index contributed by atoms with van der Waals surface area (Å²) in [6, 6.07) is -2.95. The lowest BCUT2D eigenvalue weighted by Crippen LogP contribution is -2.61. The lowest BCUT2D eigenvalue weighted by Gasteiger charge is -2.38. The first-order chi connectivity index (χ1) is 24.2. The van der Waals surface area contributed by atoms with Crippen LogP contribution in [0.15, 0.2) is 18.6 Å².